The molecule has 156 valence electrons. The average molecular weight is 418 g/mol. The van der Waals surface area contributed by atoms with Gasteiger partial charge >= 0.3 is 0 Å². The molecular formula is C21H27N3O4S. The number of carbonyl (C=O) groups is 2. The van der Waals surface area contributed by atoms with E-state index in [0.29, 0.717) is 31.1 Å². The van der Waals surface area contributed by atoms with Crippen LogP contribution in [0.2, 0.25) is 0 Å². The molecule has 0 spiro atoms. The fraction of sp³-hybridized carbons (Fsp3) is 0.381. The van der Waals surface area contributed by atoms with Gasteiger partial charge in [-0.05, 0) is 31.5 Å². The van der Waals surface area contributed by atoms with Gasteiger partial charge in [0.2, 0.25) is 11.8 Å². The third kappa shape index (κ3) is 8.13. The highest BCUT2D eigenvalue weighted by Crippen LogP contribution is 2.22. The molecule has 0 saturated heterocycles. The van der Waals surface area contributed by atoms with E-state index in [0.717, 1.165) is 10.5 Å². The van der Waals surface area contributed by atoms with Crippen molar-refractivity contribution in [3.63, 3.8) is 0 Å². The highest BCUT2D eigenvalue weighted by Gasteiger charge is 2.13. The molecule has 0 unspecified atom stereocenters. The first kappa shape index (κ1) is 22.7. The predicted molar refractivity (Wildman–Crippen MR) is 113 cm³/mol. The van der Waals surface area contributed by atoms with Crippen molar-refractivity contribution in [2.75, 3.05) is 26.0 Å². The molecule has 1 aromatic heterocycles. The number of ether oxygens (including phenoxy) is 2. The van der Waals surface area contributed by atoms with Gasteiger partial charge in [-0.2, -0.15) is 0 Å². The van der Waals surface area contributed by atoms with E-state index in [4.69, 9.17) is 9.47 Å². The number of hydrogen-bond donors (Lipinski definition) is 2. The molecule has 0 saturated carbocycles. The van der Waals surface area contributed by atoms with Gasteiger partial charge in [0.1, 0.15) is 0 Å². The molecule has 2 rings (SSSR count). The van der Waals surface area contributed by atoms with Crippen LogP contribution in [-0.4, -0.2) is 48.9 Å². The molecule has 0 bridgehead atoms. The second kappa shape index (κ2) is 12.1. The van der Waals surface area contributed by atoms with E-state index in [1.807, 2.05) is 32.0 Å². The lowest BCUT2D eigenvalue weighted by Gasteiger charge is -2.11. The Balaban J connectivity index is 1.89. The Kier molecular flexibility index (Phi) is 9.46. The molecule has 0 aliphatic heterocycles. The Morgan fingerprint density at radius 1 is 1.14 bits per heavy atom. The minimum absolute atomic E-state index is 0.0594. The minimum atomic E-state index is -0.199. The lowest BCUT2D eigenvalue weighted by Crippen LogP contribution is -2.28. The first-order valence-corrected chi connectivity index (χ1v) is 10.4. The van der Waals surface area contributed by atoms with Crippen LogP contribution in [0, 0.1) is 0 Å². The van der Waals surface area contributed by atoms with Crippen LogP contribution in [0.15, 0.2) is 47.5 Å². The molecule has 8 heteroatoms. The van der Waals surface area contributed by atoms with Gasteiger partial charge in [-0.3, -0.25) is 9.59 Å². The van der Waals surface area contributed by atoms with Gasteiger partial charge in [-0.15, -0.1) is 11.8 Å². The van der Waals surface area contributed by atoms with Crippen LogP contribution in [0.3, 0.4) is 0 Å². The smallest absolute Gasteiger partial charge is 0.252 e. The van der Waals surface area contributed by atoms with E-state index < -0.39 is 0 Å². The summed E-state index contributed by atoms with van der Waals surface area (Å²) in [6.45, 7) is 5.16. The zero-order chi connectivity index (χ0) is 21.1. The zero-order valence-corrected chi connectivity index (χ0v) is 17.8. The molecule has 2 N–H and O–H groups in total. The molecule has 0 fully saturated rings. The summed E-state index contributed by atoms with van der Waals surface area (Å²) >= 11 is 1.33. The summed E-state index contributed by atoms with van der Waals surface area (Å²) in [5.41, 5.74) is 1.41. The van der Waals surface area contributed by atoms with Crippen LogP contribution in [0.4, 0.5) is 0 Å². The standard InChI is InChI=1S/C21H27N3O4S/c1-15(2)28-20-9-8-16(12-23-20)13-24-21(26)17-6-4-5-7-18(17)29-14-19(25)22-10-11-27-3/h4-9,12,15H,10-11,13-14H2,1-3H3,(H,22,25)(H,24,26). The van der Waals surface area contributed by atoms with Gasteiger partial charge in [0.15, 0.2) is 0 Å². The van der Waals surface area contributed by atoms with E-state index >= 15 is 0 Å². The summed E-state index contributed by atoms with van der Waals surface area (Å²) in [5, 5.41) is 5.66. The normalized spacial score (nSPS) is 10.6. The summed E-state index contributed by atoms with van der Waals surface area (Å²) < 4.78 is 10.4. The number of benzene rings is 1. The summed E-state index contributed by atoms with van der Waals surface area (Å²) in [7, 11) is 1.58. The van der Waals surface area contributed by atoms with Gasteiger partial charge in [0.05, 0.1) is 24.0 Å². The van der Waals surface area contributed by atoms with Crippen LogP contribution in [0.25, 0.3) is 0 Å². The molecule has 7 nitrogen and oxygen atoms in total. The number of aromatic nitrogens is 1. The third-order valence-electron chi connectivity index (χ3n) is 3.73. The summed E-state index contributed by atoms with van der Waals surface area (Å²) in [6, 6.07) is 10.9. The number of methoxy groups -OCH3 is 1. The van der Waals surface area contributed by atoms with Crippen molar-refractivity contribution in [2.45, 2.75) is 31.4 Å². The Morgan fingerprint density at radius 3 is 2.62 bits per heavy atom. The first-order chi connectivity index (χ1) is 14.0. The molecule has 2 aromatic rings. The minimum Gasteiger partial charge on any atom is -0.475 e. The number of carbonyl (C=O) groups excluding carboxylic acids is 2. The highest BCUT2D eigenvalue weighted by molar-refractivity contribution is 8.00. The van der Waals surface area contributed by atoms with Gasteiger partial charge in [-0.25, -0.2) is 4.98 Å². The number of thioether (sulfide) groups is 1. The van der Waals surface area contributed by atoms with E-state index in [9.17, 15) is 9.59 Å². The lowest BCUT2D eigenvalue weighted by molar-refractivity contribution is -0.118. The molecule has 0 radical (unpaired) electrons. The van der Waals surface area contributed by atoms with Crippen molar-refractivity contribution in [1.82, 2.24) is 15.6 Å². The van der Waals surface area contributed by atoms with E-state index in [1.54, 1.807) is 31.5 Å². The van der Waals surface area contributed by atoms with Crippen LogP contribution in [-0.2, 0) is 16.1 Å². The molecule has 1 aromatic carbocycles. The van der Waals surface area contributed by atoms with Crippen molar-refractivity contribution in [1.29, 1.82) is 0 Å². The molecular weight excluding hydrogens is 390 g/mol. The number of rotatable bonds is 11. The maximum Gasteiger partial charge on any atom is 0.252 e. The average Bonchev–Trinajstić information content (AvgIpc) is 2.71. The fourth-order valence-electron chi connectivity index (χ4n) is 2.37. The molecule has 1 heterocycles. The Hall–Kier alpha value is -2.58. The van der Waals surface area contributed by atoms with E-state index in [-0.39, 0.29) is 23.7 Å². The fourth-order valence-corrected chi connectivity index (χ4v) is 3.25. The SMILES string of the molecule is COCCNC(=O)CSc1ccccc1C(=O)NCc1ccc(OC(C)C)nc1. The third-order valence-corrected chi connectivity index (χ3v) is 4.80. The number of pyridine rings is 1. The number of hydrogen-bond acceptors (Lipinski definition) is 6. The second-order valence-corrected chi connectivity index (χ2v) is 7.50. The number of nitrogens with zero attached hydrogens (tertiary/aromatic N) is 1. The van der Waals surface area contributed by atoms with E-state index in [1.165, 1.54) is 11.8 Å². The van der Waals surface area contributed by atoms with E-state index in [2.05, 4.69) is 15.6 Å². The summed E-state index contributed by atoms with van der Waals surface area (Å²) in [5.74, 6) is 0.489. The maximum absolute atomic E-state index is 12.6. The summed E-state index contributed by atoms with van der Waals surface area (Å²) in [6.07, 6.45) is 1.74. The molecule has 0 aliphatic carbocycles. The van der Waals surface area contributed by atoms with Crippen LogP contribution in [0.5, 0.6) is 5.88 Å². The molecule has 0 atom stereocenters. The largest absolute Gasteiger partial charge is 0.475 e. The quantitative estimate of drug-likeness (QED) is 0.432. The van der Waals surface area contributed by atoms with Gasteiger partial charge in [-0.1, -0.05) is 18.2 Å². The van der Waals surface area contributed by atoms with Crippen molar-refractivity contribution < 1.29 is 19.1 Å². The number of nitrogens with one attached hydrogen (secondary N) is 2. The van der Waals surface area contributed by atoms with Crippen LogP contribution >= 0.6 is 11.8 Å². The topological polar surface area (TPSA) is 89.5 Å². The van der Waals surface area contributed by atoms with Crippen molar-refractivity contribution in [3.05, 3.63) is 53.7 Å². The molecule has 2 amide bonds. The second-order valence-electron chi connectivity index (χ2n) is 6.48. The molecule has 0 aliphatic rings. The van der Waals surface area contributed by atoms with Crippen molar-refractivity contribution in [2.24, 2.45) is 0 Å². The Morgan fingerprint density at radius 2 is 1.93 bits per heavy atom. The van der Waals surface area contributed by atoms with Crippen LogP contribution in [0.1, 0.15) is 29.8 Å². The van der Waals surface area contributed by atoms with Gasteiger partial charge < -0.3 is 20.1 Å². The first-order valence-electron chi connectivity index (χ1n) is 9.37. The van der Waals surface area contributed by atoms with Crippen LogP contribution < -0.4 is 15.4 Å². The van der Waals surface area contributed by atoms with Gasteiger partial charge in [0.25, 0.3) is 5.91 Å². The highest BCUT2D eigenvalue weighted by atomic mass is 32.2. The molecule has 29 heavy (non-hydrogen) atoms. The summed E-state index contributed by atoms with van der Waals surface area (Å²) in [4.78, 5) is 29.5. The Bertz CT molecular complexity index is 797. The number of amides is 2. The zero-order valence-electron chi connectivity index (χ0n) is 16.9. The lowest BCUT2D eigenvalue weighted by atomic mass is 10.2. The predicted octanol–water partition coefficient (Wildman–Crippen LogP) is 2.65. The van der Waals surface area contributed by atoms with Crippen molar-refractivity contribution >= 4 is 23.6 Å². The van der Waals surface area contributed by atoms with Gasteiger partial charge in [0, 0.05) is 37.4 Å². The monoisotopic (exact) mass is 417 g/mol. The van der Waals surface area contributed by atoms with Crippen molar-refractivity contribution in [3.8, 4) is 5.88 Å². The maximum atomic E-state index is 12.6. The Labute approximate surface area is 175 Å².